The van der Waals surface area contributed by atoms with Crippen LogP contribution in [0.1, 0.15) is 12.8 Å². The van der Waals surface area contributed by atoms with Gasteiger partial charge in [-0.3, -0.25) is 0 Å². The van der Waals surface area contributed by atoms with Crippen LogP contribution in [0.2, 0.25) is 5.02 Å². The van der Waals surface area contributed by atoms with Gasteiger partial charge in [0.2, 0.25) is 0 Å². The molecule has 2 aromatic rings. The third-order valence-corrected chi connectivity index (χ3v) is 5.90. The number of nitrogens with zero attached hydrogens (tertiary/aromatic N) is 3. The Balaban J connectivity index is 1.74. The highest BCUT2D eigenvalue weighted by Gasteiger charge is 2.33. The summed E-state index contributed by atoms with van der Waals surface area (Å²) >= 11 is 7.51. The van der Waals surface area contributed by atoms with Crippen LogP contribution in [0.5, 0.6) is 0 Å². The average Bonchev–Trinajstić information content (AvgIpc) is 2.61. The number of halogens is 2. The molecule has 6 nitrogen and oxygen atoms in total. The van der Waals surface area contributed by atoms with Crippen molar-refractivity contribution in [2.45, 2.75) is 28.4 Å². The van der Waals surface area contributed by atoms with Crippen LogP contribution in [0.4, 0.5) is 21.7 Å². The van der Waals surface area contributed by atoms with Gasteiger partial charge in [0.25, 0.3) is 0 Å². The maximum Gasteiger partial charge on any atom is 0.158 e. The van der Waals surface area contributed by atoms with Gasteiger partial charge in [-0.2, -0.15) is 0 Å². The Morgan fingerprint density at radius 1 is 1.28 bits per heavy atom. The Morgan fingerprint density at radius 2 is 2.00 bits per heavy atom. The van der Waals surface area contributed by atoms with Gasteiger partial charge in [-0.25, -0.2) is 14.4 Å². The molecular weight excluding hydrogens is 363 g/mol. The smallest absolute Gasteiger partial charge is 0.158 e. The number of hydrogen-bond donors (Lipinski definition) is 3. The number of benzene rings is 1. The van der Waals surface area contributed by atoms with Crippen LogP contribution in [0, 0.1) is 0 Å². The quantitative estimate of drug-likeness (QED) is 0.698. The predicted octanol–water partition coefficient (Wildman–Crippen LogP) is 2.71. The molecule has 1 aliphatic heterocycles. The van der Waals surface area contributed by atoms with Gasteiger partial charge in [0.15, 0.2) is 5.82 Å². The van der Waals surface area contributed by atoms with Crippen molar-refractivity contribution in [2.24, 2.45) is 5.73 Å². The summed E-state index contributed by atoms with van der Waals surface area (Å²) in [6.07, 6.45) is 2.40. The predicted molar refractivity (Wildman–Crippen MR) is 101 cm³/mol. The normalized spacial score (nSPS) is 16.8. The van der Waals surface area contributed by atoms with Crippen LogP contribution in [-0.4, -0.2) is 35.3 Å². The zero-order chi connectivity index (χ0) is 18.0. The molecule has 3 rings (SSSR count). The van der Waals surface area contributed by atoms with Crippen LogP contribution in [0.25, 0.3) is 0 Å². The molecule has 25 heavy (non-hydrogen) atoms. The molecule has 0 unspecified atom stereocenters. The molecule has 0 spiro atoms. The van der Waals surface area contributed by atoms with Crippen LogP contribution < -0.4 is 22.1 Å². The van der Waals surface area contributed by atoms with Crippen molar-refractivity contribution in [3.63, 3.8) is 0 Å². The van der Waals surface area contributed by atoms with E-state index in [2.05, 4.69) is 9.97 Å². The summed E-state index contributed by atoms with van der Waals surface area (Å²) in [5, 5.41) is 1.02. The summed E-state index contributed by atoms with van der Waals surface area (Å²) in [4.78, 5) is 11.5. The molecule has 1 fully saturated rings. The lowest BCUT2D eigenvalue weighted by Gasteiger charge is -2.36. The minimum Gasteiger partial charge on any atom is -0.397 e. The zero-order valence-corrected chi connectivity index (χ0v) is 15.2. The number of nitrogen functional groups attached to an aromatic ring is 2. The minimum atomic E-state index is -1.28. The van der Waals surface area contributed by atoms with Crippen LogP contribution in [-0.2, 0) is 0 Å². The Kier molecular flexibility index (Phi) is 5.21. The third kappa shape index (κ3) is 3.91. The van der Waals surface area contributed by atoms with E-state index in [0.717, 1.165) is 4.90 Å². The molecule has 0 radical (unpaired) electrons. The molecule has 0 atom stereocenters. The Morgan fingerprint density at radius 3 is 2.64 bits per heavy atom. The highest BCUT2D eigenvalue weighted by atomic mass is 35.5. The van der Waals surface area contributed by atoms with E-state index >= 15 is 0 Å². The lowest BCUT2D eigenvalue weighted by atomic mass is 9.93. The first-order valence-corrected chi connectivity index (χ1v) is 9.09. The standard InChI is InChI=1S/C16H20ClFN6S/c17-13-10(20)2-1-3-11(13)25-15-14(21)23-12(8-22-15)24-6-4-16(18,9-19)5-7-24/h1-3,8H,4-7,9,19-20H2,(H2,21,23). The molecule has 0 saturated carbocycles. The number of alkyl halides is 1. The largest absolute Gasteiger partial charge is 0.397 e. The second-order valence-electron chi connectivity index (χ2n) is 6.02. The topological polar surface area (TPSA) is 107 Å². The van der Waals surface area contributed by atoms with Crippen molar-refractivity contribution in [1.29, 1.82) is 0 Å². The van der Waals surface area contributed by atoms with Gasteiger partial charge < -0.3 is 22.1 Å². The summed E-state index contributed by atoms with van der Waals surface area (Å²) in [7, 11) is 0. The summed E-state index contributed by atoms with van der Waals surface area (Å²) in [6.45, 7) is 1.12. The molecule has 6 N–H and O–H groups in total. The second-order valence-corrected chi connectivity index (χ2v) is 7.43. The van der Waals surface area contributed by atoms with Gasteiger partial charge in [-0.05, 0) is 12.1 Å². The monoisotopic (exact) mass is 382 g/mol. The van der Waals surface area contributed by atoms with E-state index in [1.807, 2.05) is 17.0 Å². The molecule has 134 valence electrons. The van der Waals surface area contributed by atoms with Gasteiger partial charge in [0.1, 0.15) is 16.5 Å². The Bertz CT molecular complexity index is 766. The SMILES string of the molecule is NCC1(F)CCN(c2cnc(Sc3cccc(N)c3Cl)c(N)n2)CC1. The molecule has 1 aliphatic rings. The number of piperidine rings is 1. The Hall–Kier alpha value is -1.77. The maximum atomic E-state index is 14.2. The molecular formula is C16H20ClFN6S. The van der Waals surface area contributed by atoms with E-state index in [0.29, 0.717) is 53.3 Å². The molecule has 0 amide bonds. The second kappa shape index (κ2) is 7.23. The average molecular weight is 383 g/mol. The fourth-order valence-electron chi connectivity index (χ4n) is 2.67. The molecule has 0 bridgehead atoms. The van der Waals surface area contributed by atoms with Crippen molar-refractivity contribution in [3.8, 4) is 0 Å². The first-order chi connectivity index (χ1) is 11.9. The van der Waals surface area contributed by atoms with E-state index in [-0.39, 0.29) is 6.54 Å². The van der Waals surface area contributed by atoms with Crippen molar-refractivity contribution in [1.82, 2.24) is 9.97 Å². The number of hydrogen-bond acceptors (Lipinski definition) is 7. The lowest BCUT2D eigenvalue weighted by Crippen LogP contribution is -2.46. The van der Waals surface area contributed by atoms with Gasteiger partial charge in [0.05, 0.1) is 16.9 Å². The molecule has 1 aromatic heterocycles. The molecule has 9 heteroatoms. The highest BCUT2D eigenvalue weighted by Crippen LogP contribution is 2.37. The van der Waals surface area contributed by atoms with Gasteiger partial charge >= 0.3 is 0 Å². The highest BCUT2D eigenvalue weighted by molar-refractivity contribution is 7.99. The van der Waals surface area contributed by atoms with E-state index < -0.39 is 5.67 Å². The van der Waals surface area contributed by atoms with E-state index in [1.54, 1.807) is 12.3 Å². The van der Waals surface area contributed by atoms with E-state index in [1.165, 1.54) is 11.8 Å². The zero-order valence-electron chi connectivity index (χ0n) is 13.6. The maximum absolute atomic E-state index is 14.2. The van der Waals surface area contributed by atoms with E-state index in [9.17, 15) is 4.39 Å². The molecule has 1 saturated heterocycles. The van der Waals surface area contributed by atoms with Gasteiger partial charge in [-0.1, -0.05) is 29.4 Å². The van der Waals surface area contributed by atoms with Crippen LogP contribution in [0.3, 0.4) is 0 Å². The fraction of sp³-hybridized carbons (Fsp3) is 0.375. The Labute approximate surface area is 154 Å². The molecule has 1 aromatic carbocycles. The number of anilines is 3. The minimum absolute atomic E-state index is 0.0468. The summed E-state index contributed by atoms with van der Waals surface area (Å²) in [5.41, 5.74) is 16.6. The lowest BCUT2D eigenvalue weighted by molar-refractivity contribution is 0.135. The van der Waals surface area contributed by atoms with Crippen molar-refractivity contribution in [2.75, 3.05) is 36.0 Å². The van der Waals surface area contributed by atoms with Gasteiger partial charge in [-0.15, -0.1) is 0 Å². The van der Waals surface area contributed by atoms with Crippen molar-refractivity contribution < 1.29 is 4.39 Å². The molecule has 0 aliphatic carbocycles. The van der Waals surface area contributed by atoms with Crippen molar-refractivity contribution in [3.05, 3.63) is 29.4 Å². The summed E-state index contributed by atoms with van der Waals surface area (Å²) < 4.78 is 14.2. The summed E-state index contributed by atoms with van der Waals surface area (Å²) in [6, 6.07) is 5.39. The van der Waals surface area contributed by atoms with Crippen molar-refractivity contribution >= 4 is 40.7 Å². The first-order valence-electron chi connectivity index (χ1n) is 7.90. The van der Waals surface area contributed by atoms with E-state index in [4.69, 9.17) is 28.8 Å². The number of nitrogens with two attached hydrogens (primary N) is 3. The summed E-state index contributed by atoms with van der Waals surface area (Å²) in [5.74, 6) is 0.941. The molecule has 2 heterocycles. The fourth-order valence-corrected chi connectivity index (χ4v) is 3.72. The first kappa shape index (κ1) is 18.0. The van der Waals surface area contributed by atoms with Crippen LogP contribution >= 0.6 is 23.4 Å². The number of aromatic nitrogens is 2. The third-order valence-electron chi connectivity index (χ3n) is 4.30. The number of rotatable bonds is 4. The van der Waals surface area contributed by atoms with Gasteiger partial charge in [0, 0.05) is 37.4 Å². The van der Waals surface area contributed by atoms with Crippen LogP contribution in [0.15, 0.2) is 34.3 Å².